The zero-order chi connectivity index (χ0) is 14.2. The predicted molar refractivity (Wildman–Crippen MR) is 78.9 cm³/mol. The van der Waals surface area contributed by atoms with Crippen LogP contribution in [-0.4, -0.2) is 10.9 Å². The van der Waals surface area contributed by atoms with Crippen molar-refractivity contribution >= 4 is 11.4 Å². The summed E-state index contributed by atoms with van der Waals surface area (Å²) >= 11 is 0. The SMILES string of the molecule is C[C@@H]1C(=O)C=C(c2ccccc2)[C@@]1(O)c1ccccc1. The summed E-state index contributed by atoms with van der Waals surface area (Å²) in [5.41, 5.74) is 1.08. The van der Waals surface area contributed by atoms with Crippen molar-refractivity contribution in [2.75, 3.05) is 0 Å². The number of rotatable bonds is 2. The van der Waals surface area contributed by atoms with Gasteiger partial charge < -0.3 is 5.11 Å². The lowest BCUT2D eigenvalue weighted by Crippen LogP contribution is -2.33. The maximum absolute atomic E-state index is 12.1. The fraction of sp³-hybridized carbons (Fsp3) is 0.167. The van der Waals surface area contributed by atoms with Gasteiger partial charge in [-0.2, -0.15) is 0 Å². The summed E-state index contributed by atoms with van der Waals surface area (Å²) in [7, 11) is 0. The molecule has 0 bridgehead atoms. The second-order valence-electron chi connectivity index (χ2n) is 5.18. The maximum Gasteiger partial charge on any atom is 0.162 e. The molecule has 0 heterocycles. The van der Waals surface area contributed by atoms with Crippen molar-refractivity contribution in [2.24, 2.45) is 5.92 Å². The first-order chi connectivity index (χ1) is 9.64. The molecule has 0 saturated carbocycles. The number of hydrogen-bond acceptors (Lipinski definition) is 2. The highest BCUT2D eigenvalue weighted by Crippen LogP contribution is 2.46. The number of hydrogen-bond donors (Lipinski definition) is 1. The molecule has 1 N–H and O–H groups in total. The number of allylic oxidation sites excluding steroid dienone is 1. The lowest BCUT2D eigenvalue weighted by molar-refractivity contribution is -0.121. The van der Waals surface area contributed by atoms with Crippen molar-refractivity contribution in [3.05, 3.63) is 77.9 Å². The van der Waals surface area contributed by atoms with Crippen LogP contribution in [0.3, 0.4) is 0 Å². The standard InChI is InChI=1S/C18H16O2/c1-13-17(19)12-16(14-8-4-2-5-9-14)18(13,20)15-10-6-3-7-11-15/h2-13,20H,1H3/t13-,18+/m1/s1. The van der Waals surface area contributed by atoms with Crippen molar-refractivity contribution in [3.8, 4) is 0 Å². The Bertz CT molecular complexity index is 658. The molecule has 2 atom stereocenters. The van der Waals surface area contributed by atoms with Gasteiger partial charge in [-0.15, -0.1) is 0 Å². The topological polar surface area (TPSA) is 37.3 Å². The second kappa shape index (κ2) is 4.73. The third-order valence-electron chi connectivity index (χ3n) is 4.05. The molecule has 0 spiro atoms. The van der Waals surface area contributed by atoms with Crippen LogP contribution in [0.2, 0.25) is 0 Å². The smallest absolute Gasteiger partial charge is 0.162 e. The van der Waals surface area contributed by atoms with E-state index in [9.17, 15) is 9.90 Å². The van der Waals surface area contributed by atoms with Gasteiger partial charge in [-0.1, -0.05) is 67.6 Å². The molecule has 2 aromatic rings. The van der Waals surface area contributed by atoms with Crippen LogP contribution in [0.1, 0.15) is 18.1 Å². The molecule has 2 nitrogen and oxygen atoms in total. The monoisotopic (exact) mass is 264 g/mol. The average molecular weight is 264 g/mol. The first-order valence-corrected chi connectivity index (χ1v) is 6.73. The zero-order valence-electron chi connectivity index (χ0n) is 11.3. The van der Waals surface area contributed by atoms with E-state index in [-0.39, 0.29) is 5.78 Å². The molecule has 0 fully saturated rings. The van der Waals surface area contributed by atoms with Gasteiger partial charge in [0.2, 0.25) is 0 Å². The summed E-state index contributed by atoms with van der Waals surface area (Å²) in [4.78, 5) is 12.1. The van der Waals surface area contributed by atoms with E-state index in [2.05, 4.69) is 0 Å². The number of aliphatic hydroxyl groups is 1. The Morgan fingerprint density at radius 2 is 1.50 bits per heavy atom. The van der Waals surface area contributed by atoms with Gasteiger partial charge in [-0.25, -0.2) is 0 Å². The van der Waals surface area contributed by atoms with E-state index in [1.165, 1.54) is 0 Å². The van der Waals surface area contributed by atoms with Gasteiger partial charge in [0.15, 0.2) is 5.78 Å². The Labute approximate surface area is 118 Å². The van der Waals surface area contributed by atoms with Crippen LogP contribution in [0.5, 0.6) is 0 Å². The Hall–Kier alpha value is -2.19. The molecule has 0 amide bonds. The summed E-state index contributed by atoms with van der Waals surface area (Å²) in [5, 5.41) is 11.2. The van der Waals surface area contributed by atoms with Crippen LogP contribution >= 0.6 is 0 Å². The summed E-state index contributed by atoms with van der Waals surface area (Å²) in [6.07, 6.45) is 1.58. The van der Waals surface area contributed by atoms with E-state index in [0.717, 1.165) is 11.1 Å². The van der Waals surface area contributed by atoms with Crippen molar-refractivity contribution in [1.82, 2.24) is 0 Å². The van der Waals surface area contributed by atoms with Crippen LogP contribution < -0.4 is 0 Å². The number of carbonyl (C=O) groups excluding carboxylic acids is 1. The van der Waals surface area contributed by atoms with E-state index in [0.29, 0.717) is 5.57 Å². The quantitative estimate of drug-likeness (QED) is 0.904. The second-order valence-corrected chi connectivity index (χ2v) is 5.18. The van der Waals surface area contributed by atoms with Crippen molar-refractivity contribution in [1.29, 1.82) is 0 Å². The van der Waals surface area contributed by atoms with Crippen molar-refractivity contribution in [3.63, 3.8) is 0 Å². The van der Waals surface area contributed by atoms with Gasteiger partial charge in [0.1, 0.15) is 5.60 Å². The lowest BCUT2D eigenvalue weighted by Gasteiger charge is -2.31. The van der Waals surface area contributed by atoms with E-state index < -0.39 is 11.5 Å². The predicted octanol–water partition coefficient (Wildman–Crippen LogP) is 3.18. The first-order valence-electron chi connectivity index (χ1n) is 6.73. The Balaban J connectivity index is 2.18. The molecule has 0 aliphatic heterocycles. The third kappa shape index (κ3) is 1.81. The Morgan fingerprint density at radius 1 is 0.950 bits per heavy atom. The van der Waals surface area contributed by atoms with Crippen LogP contribution in [0.15, 0.2) is 66.7 Å². The van der Waals surface area contributed by atoms with E-state index in [4.69, 9.17) is 0 Å². The van der Waals surface area contributed by atoms with Crippen molar-refractivity contribution < 1.29 is 9.90 Å². The average Bonchev–Trinajstić information content (AvgIpc) is 2.74. The normalized spacial score (nSPS) is 25.6. The minimum Gasteiger partial charge on any atom is -0.380 e. The van der Waals surface area contributed by atoms with E-state index in [1.54, 1.807) is 13.0 Å². The van der Waals surface area contributed by atoms with Crippen LogP contribution in [0.25, 0.3) is 5.57 Å². The molecule has 100 valence electrons. The van der Waals surface area contributed by atoms with Gasteiger partial charge in [0.05, 0.1) is 5.92 Å². The number of ketones is 1. The van der Waals surface area contributed by atoms with Crippen LogP contribution in [0.4, 0.5) is 0 Å². The molecule has 1 aliphatic rings. The van der Waals surface area contributed by atoms with Crippen LogP contribution in [-0.2, 0) is 10.4 Å². The minimum atomic E-state index is -1.25. The summed E-state index contributed by atoms with van der Waals surface area (Å²) in [5.74, 6) is -0.504. The molecular formula is C18H16O2. The van der Waals surface area contributed by atoms with E-state index >= 15 is 0 Å². The lowest BCUT2D eigenvalue weighted by atomic mass is 9.78. The van der Waals surface area contributed by atoms with Gasteiger partial charge >= 0.3 is 0 Å². The third-order valence-corrected chi connectivity index (χ3v) is 4.05. The van der Waals surface area contributed by atoms with Gasteiger partial charge in [0.25, 0.3) is 0 Å². The summed E-state index contributed by atoms with van der Waals surface area (Å²) in [6.45, 7) is 1.78. The molecule has 2 heteroatoms. The fourth-order valence-corrected chi connectivity index (χ4v) is 2.84. The highest BCUT2D eigenvalue weighted by Gasteiger charge is 2.47. The molecule has 0 unspecified atom stereocenters. The molecule has 2 aromatic carbocycles. The molecular weight excluding hydrogens is 248 g/mol. The molecule has 0 saturated heterocycles. The molecule has 20 heavy (non-hydrogen) atoms. The Kier molecular flexibility index (Phi) is 3.03. The number of benzene rings is 2. The van der Waals surface area contributed by atoms with Crippen LogP contribution in [0, 0.1) is 5.92 Å². The van der Waals surface area contributed by atoms with E-state index in [1.807, 2.05) is 60.7 Å². The highest BCUT2D eigenvalue weighted by atomic mass is 16.3. The van der Waals surface area contributed by atoms with Gasteiger partial charge in [-0.05, 0) is 22.8 Å². The number of carbonyl (C=O) groups is 1. The summed E-state index contributed by atoms with van der Waals surface area (Å²) in [6, 6.07) is 19.0. The highest BCUT2D eigenvalue weighted by molar-refractivity contribution is 6.06. The minimum absolute atomic E-state index is 0.0322. The van der Waals surface area contributed by atoms with Gasteiger partial charge in [-0.3, -0.25) is 4.79 Å². The fourth-order valence-electron chi connectivity index (χ4n) is 2.84. The molecule has 1 aliphatic carbocycles. The zero-order valence-corrected chi connectivity index (χ0v) is 11.3. The summed E-state index contributed by atoms with van der Waals surface area (Å²) < 4.78 is 0. The largest absolute Gasteiger partial charge is 0.380 e. The molecule has 0 radical (unpaired) electrons. The molecule has 3 rings (SSSR count). The Morgan fingerprint density at radius 3 is 2.10 bits per heavy atom. The van der Waals surface area contributed by atoms with Gasteiger partial charge in [0, 0.05) is 0 Å². The van der Waals surface area contributed by atoms with Crippen molar-refractivity contribution in [2.45, 2.75) is 12.5 Å². The molecule has 0 aromatic heterocycles. The maximum atomic E-state index is 12.1. The first kappa shape index (κ1) is 12.8.